The highest BCUT2D eigenvalue weighted by Gasteiger charge is 2.24. The first-order chi connectivity index (χ1) is 16.2. The lowest BCUT2D eigenvalue weighted by molar-refractivity contribution is -0.120. The van der Waals surface area contributed by atoms with Crippen molar-refractivity contribution in [3.63, 3.8) is 0 Å². The third-order valence-electron chi connectivity index (χ3n) is 4.83. The van der Waals surface area contributed by atoms with Gasteiger partial charge in [-0.3, -0.25) is 14.4 Å². The Morgan fingerprint density at radius 2 is 1.79 bits per heavy atom. The van der Waals surface area contributed by atoms with Crippen LogP contribution in [0.25, 0.3) is 0 Å². The van der Waals surface area contributed by atoms with Crippen molar-refractivity contribution in [1.29, 1.82) is 0 Å². The van der Waals surface area contributed by atoms with Gasteiger partial charge >= 0.3 is 0 Å². The number of nitrogens with one attached hydrogen (secondary N) is 2. The molecule has 0 saturated carbocycles. The van der Waals surface area contributed by atoms with Crippen LogP contribution in [0, 0.1) is 0 Å². The van der Waals surface area contributed by atoms with Crippen molar-refractivity contribution >= 4 is 57.4 Å². The van der Waals surface area contributed by atoms with E-state index >= 15 is 0 Å². The third kappa shape index (κ3) is 7.28. The molecule has 0 spiro atoms. The SMILES string of the molecule is CC(C)N(CC(=O)Nc1nc(CC(=O)NCc2ccccc2)cs1)C(=O)c1ccc(Cl)cc1Cl. The van der Waals surface area contributed by atoms with E-state index in [0.717, 1.165) is 5.56 Å². The summed E-state index contributed by atoms with van der Waals surface area (Å²) in [6.07, 6.45) is 0.102. The Bertz CT molecular complexity index is 1170. The quantitative estimate of drug-likeness (QED) is 0.425. The highest BCUT2D eigenvalue weighted by atomic mass is 35.5. The first-order valence-corrected chi connectivity index (χ1v) is 12.2. The molecule has 3 rings (SSSR count). The van der Waals surface area contributed by atoms with Gasteiger partial charge in [-0.2, -0.15) is 0 Å². The van der Waals surface area contributed by atoms with E-state index < -0.39 is 5.91 Å². The Hall–Kier alpha value is -2.94. The molecule has 2 aromatic carbocycles. The van der Waals surface area contributed by atoms with Crippen LogP contribution < -0.4 is 10.6 Å². The predicted molar refractivity (Wildman–Crippen MR) is 135 cm³/mol. The van der Waals surface area contributed by atoms with Crippen molar-refractivity contribution < 1.29 is 14.4 Å². The van der Waals surface area contributed by atoms with Crippen LogP contribution >= 0.6 is 34.5 Å². The number of amides is 3. The Labute approximate surface area is 212 Å². The number of carbonyl (C=O) groups is 3. The van der Waals surface area contributed by atoms with Crippen molar-refractivity contribution in [2.24, 2.45) is 0 Å². The molecule has 0 radical (unpaired) electrons. The van der Waals surface area contributed by atoms with Gasteiger partial charge in [-0.25, -0.2) is 4.98 Å². The third-order valence-corrected chi connectivity index (χ3v) is 6.19. The molecule has 1 heterocycles. The summed E-state index contributed by atoms with van der Waals surface area (Å²) in [5.74, 6) is -0.938. The minimum Gasteiger partial charge on any atom is -0.352 e. The standard InChI is InChI=1S/C24H24Cl2N4O3S/c1-15(2)30(23(33)19-9-8-17(25)10-20(19)26)13-22(32)29-24-28-18(14-34-24)11-21(31)27-12-16-6-4-3-5-7-16/h3-10,14-15H,11-13H2,1-2H3,(H,27,31)(H,28,29,32). The molecule has 0 bridgehead atoms. The number of hydrogen-bond acceptors (Lipinski definition) is 5. The summed E-state index contributed by atoms with van der Waals surface area (Å²) in [4.78, 5) is 43.5. The van der Waals surface area contributed by atoms with Crippen molar-refractivity contribution in [3.8, 4) is 0 Å². The molecular formula is C24H24Cl2N4O3S. The lowest BCUT2D eigenvalue weighted by Gasteiger charge is -2.26. The molecule has 178 valence electrons. The second-order valence-corrected chi connectivity index (χ2v) is 9.48. The second-order valence-electron chi connectivity index (χ2n) is 7.78. The van der Waals surface area contributed by atoms with Gasteiger partial charge in [-0.05, 0) is 37.6 Å². The first-order valence-electron chi connectivity index (χ1n) is 10.5. The number of nitrogens with zero attached hydrogens (tertiary/aromatic N) is 2. The van der Waals surface area contributed by atoms with Gasteiger partial charge < -0.3 is 15.5 Å². The van der Waals surface area contributed by atoms with Crippen molar-refractivity contribution in [3.05, 3.63) is 80.8 Å². The Morgan fingerprint density at radius 1 is 1.06 bits per heavy atom. The molecule has 0 atom stereocenters. The van der Waals surface area contributed by atoms with Crippen LogP contribution in [0.1, 0.15) is 35.5 Å². The van der Waals surface area contributed by atoms with E-state index in [0.29, 0.717) is 22.4 Å². The van der Waals surface area contributed by atoms with Crippen LogP contribution in [0.5, 0.6) is 0 Å². The maximum atomic E-state index is 13.0. The number of aromatic nitrogens is 1. The highest BCUT2D eigenvalue weighted by Crippen LogP contribution is 2.23. The molecule has 7 nitrogen and oxygen atoms in total. The van der Waals surface area contributed by atoms with E-state index in [1.807, 2.05) is 44.2 Å². The van der Waals surface area contributed by atoms with Gasteiger partial charge in [0.05, 0.1) is 22.7 Å². The fourth-order valence-corrected chi connectivity index (χ4v) is 4.30. The minimum atomic E-state index is -0.401. The summed E-state index contributed by atoms with van der Waals surface area (Å²) in [6, 6.07) is 14.0. The van der Waals surface area contributed by atoms with Crippen LogP contribution in [0.15, 0.2) is 53.9 Å². The van der Waals surface area contributed by atoms with Gasteiger partial charge in [0.15, 0.2) is 5.13 Å². The predicted octanol–water partition coefficient (Wildman–Crippen LogP) is 4.80. The monoisotopic (exact) mass is 518 g/mol. The molecule has 3 amide bonds. The summed E-state index contributed by atoms with van der Waals surface area (Å²) >= 11 is 13.3. The molecule has 2 N–H and O–H groups in total. The fraction of sp³-hybridized carbons (Fsp3) is 0.250. The maximum Gasteiger partial charge on any atom is 0.256 e. The van der Waals surface area contributed by atoms with Crippen LogP contribution in [-0.2, 0) is 22.6 Å². The van der Waals surface area contributed by atoms with Crippen LogP contribution in [0.4, 0.5) is 5.13 Å². The van der Waals surface area contributed by atoms with Crippen molar-refractivity contribution in [2.45, 2.75) is 32.9 Å². The van der Waals surface area contributed by atoms with Crippen LogP contribution in [0.2, 0.25) is 10.0 Å². The van der Waals surface area contributed by atoms with Gasteiger partial charge in [0.1, 0.15) is 6.54 Å². The Balaban J connectivity index is 1.55. The van der Waals surface area contributed by atoms with E-state index in [9.17, 15) is 14.4 Å². The number of carbonyl (C=O) groups excluding carboxylic acids is 3. The molecule has 0 aliphatic rings. The zero-order valence-corrected chi connectivity index (χ0v) is 21.0. The summed E-state index contributed by atoms with van der Waals surface area (Å²) in [5, 5.41) is 8.26. The van der Waals surface area contributed by atoms with Crippen molar-refractivity contribution in [2.75, 3.05) is 11.9 Å². The molecule has 0 saturated heterocycles. The Kier molecular flexibility index (Phi) is 9.04. The smallest absolute Gasteiger partial charge is 0.256 e. The molecule has 0 aliphatic carbocycles. The number of anilines is 1. The number of rotatable bonds is 9. The summed E-state index contributed by atoms with van der Waals surface area (Å²) in [7, 11) is 0. The number of benzene rings is 2. The summed E-state index contributed by atoms with van der Waals surface area (Å²) in [5.41, 5.74) is 1.83. The Morgan fingerprint density at radius 3 is 2.47 bits per heavy atom. The fourth-order valence-electron chi connectivity index (χ4n) is 3.09. The zero-order chi connectivity index (χ0) is 24.7. The van der Waals surface area contributed by atoms with E-state index in [4.69, 9.17) is 23.2 Å². The van der Waals surface area contributed by atoms with Gasteiger partial charge in [0, 0.05) is 23.0 Å². The minimum absolute atomic E-state index is 0.102. The van der Waals surface area contributed by atoms with E-state index in [1.54, 1.807) is 11.4 Å². The van der Waals surface area contributed by atoms with E-state index in [-0.39, 0.29) is 41.4 Å². The molecular weight excluding hydrogens is 495 g/mol. The number of halogens is 2. The molecule has 0 aliphatic heterocycles. The largest absolute Gasteiger partial charge is 0.352 e. The number of hydrogen-bond donors (Lipinski definition) is 2. The van der Waals surface area contributed by atoms with Crippen LogP contribution in [0.3, 0.4) is 0 Å². The lowest BCUT2D eigenvalue weighted by Crippen LogP contribution is -2.42. The molecule has 34 heavy (non-hydrogen) atoms. The first kappa shape index (κ1) is 25.7. The van der Waals surface area contributed by atoms with E-state index in [1.165, 1.54) is 28.4 Å². The topological polar surface area (TPSA) is 91.4 Å². The van der Waals surface area contributed by atoms with Gasteiger partial charge in [-0.15, -0.1) is 11.3 Å². The second kappa shape index (κ2) is 12.0. The molecule has 3 aromatic rings. The highest BCUT2D eigenvalue weighted by molar-refractivity contribution is 7.13. The van der Waals surface area contributed by atoms with Crippen LogP contribution in [-0.4, -0.2) is 40.2 Å². The maximum absolute atomic E-state index is 13.0. The average Bonchev–Trinajstić information content (AvgIpc) is 3.22. The summed E-state index contributed by atoms with van der Waals surface area (Å²) < 4.78 is 0. The molecule has 10 heteroatoms. The normalized spacial score (nSPS) is 10.7. The van der Waals surface area contributed by atoms with Gasteiger partial charge in [0.2, 0.25) is 11.8 Å². The molecule has 0 fully saturated rings. The average molecular weight is 519 g/mol. The van der Waals surface area contributed by atoms with Gasteiger partial charge in [0.25, 0.3) is 5.91 Å². The van der Waals surface area contributed by atoms with E-state index in [2.05, 4.69) is 15.6 Å². The lowest BCUT2D eigenvalue weighted by atomic mass is 10.1. The molecule has 1 aromatic heterocycles. The summed E-state index contributed by atoms with van der Waals surface area (Å²) in [6.45, 7) is 3.88. The zero-order valence-electron chi connectivity index (χ0n) is 18.7. The van der Waals surface area contributed by atoms with Crippen molar-refractivity contribution in [1.82, 2.24) is 15.2 Å². The molecule has 0 unspecified atom stereocenters. The number of thiazole rings is 1. The van der Waals surface area contributed by atoms with Gasteiger partial charge in [-0.1, -0.05) is 53.5 Å².